The van der Waals surface area contributed by atoms with Gasteiger partial charge in [0, 0.05) is 60.3 Å². The van der Waals surface area contributed by atoms with Crippen LogP contribution < -0.4 is 15.8 Å². The number of hydrogen-bond acceptors (Lipinski definition) is 5. The van der Waals surface area contributed by atoms with E-state index in [9.17, 15) is 19.5 Å². The van der Waals surface area contributed by atoms with Crippen LogP contribution >= 0.6 is 0 Å². The summed E-state index contributed by atoms with van der Waals surface area (Å²) >= 11 is 0. The molecule has 46 heavy (non-hydrogen) atoms. The van der Waals surface area contributed by atoms with E-state index in [0.717, 1.165) is 65.9 Å². The summed E-state index contributed by atoms with van der Waals surface area (Å²) in [5, 5.41) is 13.0. The smallest absolute Gasteiger partial charge is 0.407 e. The lowest BCUT2D eigenvalue weighted by Gasteiger charge is -2.44. The lowest BCUT2D eigenvalue weighted by molar-refractivity contribution is 0.0547. The van der Waals surface area contributed by atoms with Crippen LogP contribution in [0.4, 0.5) is 10.5 Å². The number of rotatable bonds is 9. The Morgan fingerprint density at radius 3 is 2.07 bits per heavy atom. The highest BCUT2D eigenvalue weighted by Crippen LogP contribution is 2.36. The fourth-order valence-electron chi connectivity index (χ4n) is 6.89. The number of carbonyl (C=O) groups is 2. The van der Waals surface area contributed by atoms with Gasteiger partial charge in [0.15, 0.2) is 0 Å². The Hall–Kier alpha value is -4.11. The topological polar surface area (TPSA) is 109 Å². The number of hydrogen-bond donors (Lipinski definition) is 3. The van der Waals surface area contributed by atoms with Gasteiger partial charge in [-0.2, -0.15) is 0 Å². The number of pyridine rings is 1. The number of aryl methyl sites for hydroxylation is 2. The predicted molar refractivity (Wildman–Crippen MR) is 186 cm³/mol. The molecule has 248 valence electrons. The van der Waals surface area contributed by atoms with E-state index in [2.05, 4.69) is 57.5 Å². The number of amides is 2. The lowest BCUT2D eigenvalue weighted by atomic mass is 9.86. The monoisotopic (exact) mass is 629 g/mol. The zero-order valence-corrected chi connectivity index (χ0v) is 29.0. The number of carboxylic acid groups (broad SMARTS) is 1. The molecule has 0 spiro atoms. The van der Waals surface area contributed by atoms with E-state index in [1.807, 2.05) is 67.8 Å². The summed E-state index contributed by atoms with van der Waals surface area (Å²) < 4.78 is 0. The van der Waals surface area contributed by atoms with Crippen molar-refractivity contribution in [2.45, 2.75) is 97.9 Å². The zero-order chi connectivity index (χ0) is 33.9. The van der Waals surface area contributed by atoms with Gasteiger partial charge in [0.05, 0.1) is 0 Å². The summed E-state index contributed by atoms with van der Waals surface area (Å²) in [7, 11) is 6.16. The van der Waals surface area contributed by atoms with E-state index >= 15 is 0 Å². The van der Waals surface area contributed by atoms with Gasteiger partial charge in [-0.05, 0) is 127 Å². The maximum Gasteiger partial charge on any atom is 0.407 e. The van der Waals surface area contributed by atoms with E-state index in [4.69, 9.17) is 0 Å². The summed E-state index contributed by atoms with van der Waals surface area (Å²) in [6, 6.07) is 14.6. The van der Waals surface area contributed by atoms with Crippen LogP contribution in [0.1, 0.15) is 84.8 Å². The summed E-state index contributed by atoms with van der Waals surface area (Å²) in [4.78, 5) is 47.4. The van der Waals surface area contributed by atoms with Gasteiger partial charge in [-0.3, -0.25) is 9.59 Å². The fourth-order valence-corrected chi connectivity index (χ4v) is 6.89. The quantitative estimate of drug-likeness (QED) is 0.250. The molecule has 0 unspecified atom stereocenters. The third kappa shape index (κ3) is 7.99. The van der Waals surface area contributed by atoms with E-state index in [-0.39, 0.29) is 30.1 Å². The van der Waals surface area contributed by atoms with E-state index in [1.165, 1.54) is 5.56 Å². The molecular formula is C37H51N5O4. The average molecular weight is 630 g/mol. The highest BCUT2D eigenvalue weighted by Gasteiger charge is 2.36. The van der Waals surface area contributed by atoms with Crippen LogP contribution in [0.3, 0.4) is 0 Å². The summed E-state index contributed by atoms with van der Waals surface area (Å²) in [6.07, 6.45) is 2.38. The molecule has 0 atom stereocenters. The van der Waals surface area contributed by atoms with Crippen molar-refractivity contribution in [1.82, 2.24) is 20.1 Å². The summed E-state index contributed by atoms with van der Waals surface area (Å²) in [5.41, 5.74) is 7.09. The number of carbonyl (C=O) groups excluding carboxylic acids is 1. The second-order valence-electron chi connectivity index (χ2n) is 14.1. The SMILES string of the molecule is Cc1cc(C)c(CNC(=O)c2cc(-c3ccc(CN(C)C)cc3)cc(N(C)[C@H]3CC[C@H](N(C(=O)O)C(C)(C)C)CC3)c2C)c(=O)[nH]1. The third-order valence-corrected chi connectivity index (χ3v) is 9.22. The molecule has 9 heteroatoms. The maximum atomic E-state index is 13.8. The second-order valence-corrected chi connectivity index (χ2v) is 14.1. The Morgan fingerprint density at radius 1 is 0.913 bits per heavy atom. The first-order valence-corrected chi connectivity index (χ1v) is 16.2. The van der Waals surface area contributed by atoms with Gasteiger partial charge in [-0.1, -0.05) is 24.3 Å². The van der Waals surface area contributed by atoms with Gasteiger partial charge in [-0.25, -0.2) is 4.79 Å². The number of anilines is 1. The van der Waals surface area contributed by atoms with Gasteiger partial charge in [-0.15, -0.1) is 0 Å². The third-order valence-electron chi connectivity index (χ3n) is 9.22. The number of nitrogens with zero attached hydrogens (tertiary/aromatic N) is 3. The van der Waals surface area contributed by atoms with Crippen LogP contribution in [0.5, 0.6) is 0 Å². The first kappa shape index (κ1) is 34.8. The van der Waals surface area contributed by atoms with Crippen LogP contribution in [0, 0.1) is 20.8 Å². The average Bonchev–Trinajstić information content (AvgIpc) is 2.96. The van der Waals surface area contributed by atoms with E-state index < -0.39 is 11.6 Å². The van der Waals surface area contributed by atoms with Crippen molar-refractivity contribution < 1.29 is 14.7 Å². The largest absolute Gasteiger partial charge is 0.465 e. The molecule has 0 aliphatic heterocycles. The van der Waals surface area contributed by atoms with E-state index in [1.54, 1.807) is 4.90 Å². The van der Waals surface area contributed by atoms with Gasteiger partial charge in [0.25, 0.3) is 11.5 Å². The van der Waals surface area contributed by atoms with Crippen molar-refractivity contribution in [3.05, 3.63) is 86.3 Å². The molecule has 9 nitrogen and oxygen atoms in total. The molecule has 0 saturated heterocycles. The summed E-state index contributed by atoms with van der Waals surface area (Å²) in [5.74, 6) is -0.233. The fraction of sp³-hybridized carbons (Fsp3) is 0.486. The van der Waals surface area contributed by atoms with Crippen LogP contribution in [-0.4, -0.2) is 70.7 Å². The normalized spacial score (nSPS) is 16.7. The molecule has 3 aromatic rings. The van der Waals surface area contributed by atoms with Crippen LogP contribution in [0.15, 0.2) is 47.3 Å². The first-order chi connectivity index (χ1) is 21.6. The van der Waals surface area contributed by atoms with Crippen molar-refractivity contribution in [2.75, 3.05) is 26.0 Å². The molecule has 1 fully saturated rings. The molecule has 1 aliphatic carbocycles. The van der Waals surface area contributed by atoms with Gasteiger partial charge < -0.3 is 30.1 Å². The molecule has 0 bridgehead atoms. The van der Waals surface area contributed by atoms with Crippen molar-refractivity contribution in [3.8, 4) is 11.1 Å². The molecule has 1 aliphatic rings. The standard InChI is InChI=1S/C37H51N5O4/c1-23-18-24(2)39-35(44)32(23)21-38-34(43)31-19-28(27-12-10-26(11-13-27)22-40(7)8)20-33(25(31)3)41(9)29-14-16-30(17-15-29)42(36(45)46)37(4,5)6/h10-13,18-20,29-30H,14-17,21-22H2,1-9H3,(H,38,43)(H,39,44)(H,45,46)/t29-,30-. The zero-order valence-electron chi connectivity index (χ0n) is 29.0. The minimum Gasteiger partial charge on any atom is -0.465 e. The Bertz CT molecular complexity index is 1610. The second kappa shape index (κ2) is 14.1. The van der Waals surface area contributed by atoms with Crippen LogP contribution in [0.25, 0.3) is 11.1 Å². The maximum absolute atomic E-state index is 13.8. The van der Waals surface area contributed by atoms with Crippen LogP contribution in [-0.2, 0) is 13.1 Å². The molecule has 1 saturated carbocycles. The van der Waals surface area contributed by atoms with Gasteiger partial charge in [0.1, 0.15) is 0 Å². The van der Waals surface area contributed by atoms with Crippen LogP contribution in [0.2, 0.25) is 0 Å². The van der Waals surface area contributed by atoms with Crippen molar-refractivity contribution in [1.29, 1.82) is 0 Å². The predicted octanol–water partition coefficient (Wildman–Crippen LogP) is 6.48. The molecule has 4 rings (SSSR count). The molecule has 2 aromatic carbocycles. The molecule has 0 radical (unpaired) electrons. The number of aromatic nitrogens is 1. The highest BCUT2D eigenvalue weighted by molar-refractivity contribution is 5.99. The number of benzene rings is 2. The minimum absolute atomic E-state index is 0.0232. The van der Waals surface area contributed by atoms with Gasteiger partial charge in [0.2, 0.25) is 0 Å². The number of H-pyrrole nitrogens is 1. The molecule has 2 amide bonds. The molecular weight excluding hydrogens is 578 g/mol. The van der Waals surface area contributed by atoms with Gasteiger partial charge >= 0.3 is 6.09 Å². The molecule has 3 N–H and O–H groups in total. The molecule has 1 heterocycles. The van der Waals surface area contributed by atoms with Crippen molar-refractivity contribution >= 4 is 17.7 Å². The Kier molecular flexibility index (Phi) is 10.7. The Labute approximate surface area is 273 Å². The first-order valence-electron chi connectivity index (χ1n) is 16.2. The number of aromatic amines is 1. The van der Waals surface area contributed by atoms with Crippen molar-refractivity contribution in [2.24, 2.45) is 0 Å². The Balaban J connectivity index is 1.66. The summed E-state index contributed by atoms with van der Waals surface area (Å²) in [6.45, 7) is 12.5. The minimum atomic E-state index is -0.872. The van der Waals surface area contributed by atoms with Crippen molar-refractivity contribution in [3.63, 3.8) is 0 Å². The Morgan fingerprint density at radius 2 is 1.52 bits per heavy atom. The molecule has 1 aromatic heterocycles. The van der Waals surface area contributed by atoms with E-state index in [0.29, 0.717) is 11.1 Å². The lowest BCUT2D eigenvalue weighted by Crippen LogP contribution is -2.53. The highest BCUT2D eigenvalue weighted by atomic mass is 16.4. The number of nitrogens with one attached hydrogen (secondary N) is 2.